The summed E-state index contributed by atoms with van der Waals surface area (Å²) in [5, 5.41) is 0. The van der Waals surface area contributed by atoms with Crippen molar-refractivity contribution in [2.45, 2.75) is 59.0 Å². The minimum absolute atomic E-state index is 0.190. The molecule has 154 valence electrons. The Morgan fingerprint density at radius 2 is 1.86 bits per heavy atom. The van der Waals surface area contributed by atoms with Crippen LogP contribution >= 0.6 is 0 Å². The zero-order chi connectivity index (χ0) is 20.5. The molecule has 1 aliphatic heterocycles. The van der Waals surface area contributed by atoms with Gasteiger partial charge in [-0.1, -0.05) is 38.8 Å². The molecule has 0 saturated heterocycles. The van der Waals surface area contributed by atoms with E-state index in [4.69, 9.17) is 0 Å². The van der Waals surface area contributed by atoms with E-state index in [2.05, 4.69) is 48.0 Å². The van der Waals surface area contributed by atoms with E-state index in [0.717, 1.165) is 56.8 Å². The number of unbranched alkanes of at least 4 members (excludes halogenated alkanes) is 2. The van der Waals surface area contributed by atoms with Crippen LogP contribution in [0.3, 0.4) is 0 Å². The lowest BCUT2D eigenvalue weighted by molar-refractivity contribution is -0.663. The van der Waals surface area contributed by atoms with Crippen LogP contribution in [0.4, 0.5) is 11.6 Å². The first kappa shape index (κ1) is 19.5. The topological polar surface area (TPSA) is 66.9 Å². The number of aromatic amines is 1. The molecule has 0 spiro atoms. The highest BCUT2D eigenvalue weighted by atomic mass is 16.2. The summed E-state index contributed by atoms with van der Waals surface area (Å²) in [4.78, 5) is 31.6. The standard InChI is InChI=1S/C22H29N5O2/c1-4-6-7-13-27-20(28)18-19(24(3)22(27)29)23-21-25(14-8-15-26(18)21)17-11-9-16(5-2)10-12-17/h9-12H,4-8,13-15H2,1-3H3/p+1. The van der Waals surface area contributed by atoms with Gasteiger partial charge in [-0.2, -0.15) is 0 Å². The number of H-pyrrole nitrogens is 1. The van der Waals surface area contributed by atoms with Crippen molar-refractivity contribution in [2.75, 3.05) is 11.4 Å². The number of nitrogens with one attached hydrogen (secondary N) is 1. The average molecular weight is 397 g/mol. The SMILES string of the molecule is CCCCCn1c(=O)c2c([nH]c3[n+]2CCCN3c2ccc(CC)cc2)n(C)c1=O. The molecular weight excluding hydrogens is 366 g/mol. The quantitative estimate of drug-likeness (QED) is 0.514. The molecule has 3 aromatic rings. The Morgan fingerprint density at radius 1 is 1.10 bits per heavy atom. The molecule has 0 fully saturated rings. The summed E-state index contributed by atoms with van der Waals surface area (Å²) in [6.45, 7) is 6.37. The van der Waals surface area contributed by atoms with E-state index in [-0.39, 0.29) is 11.2 Å². The van der Waals surface area contributed by atoms with Crippen LogP contribution in [0.1, 0.15) is 45.1 Å². The first-order chi connectivity index (χ1) is 14.1. The number of fused-ring (bicyclic) bond motifs is 3. The second-order valence-electron chi connectivity index (χ2n) is 7.83. The van der Waals surface area contributed by atoms with Crippen molar-refractivity contribution in [3.8, 4) is 0 Å². The van der Waals surface area contributed by atoms with Crippen LogP contribution in [0.15, 0.2) is 33.9 Å². The van der Waals surface area contributed by atoms with Crippen LogP contribution in [0.25, 0.3) is 11.2 Å². The number of hydrogen-bond donors (Lipinski definition) is 1. The molecule has 0 radical (unpaired) electrons. The van der Waals surface area contributed by atoms with E-state index in [9.17, 15) is 9.59 Å². The molecule has 29 heavy (non-hydrogen) atoms. The zero-order valence-electron chi connectivity index (χ0n) is 17.6. The van der Waals surface area contributed by atoms with Gasteiger partial charge in [-0.15, -0.1) is 0 Å². The summed E-state index contributed by atoms with van der Waals surface area (Å²) < 4.78 is 5.02. The van der Waals surface area contributed by atoms with Crippen LogP contribution < -0.4 is 20.7 Å². The van der Waals surface area contributed by atoms with E-state index in [0.29, 0.717) is 17.7 Å². The summed E-state index contributed by atoms with van der Waals surface area (Å²) in [6, 6.07) is 8.55. The molecule has 0 atom stereocenters. The molecule has 7 nitrogen and oxygen atoms in total. The summed E-state index contributed by atoms with van der Waals surface area (Å²) in [5.74, 6) is 0.869. The Balaban J connectivity index is 1.85. The van der Waals surface area contributed by atoms with Crippen molar-refractivity contribution in [1.82, 2.24) is 14.1 Å². The molecular formula is C22H30N5O2+. The largest absolute Gasteiger partial charge is 0.364 e. The number of aromatic nitrogens is 4. The number of aryl methyl sites for hydroxylation is 3. The van der Waals surface area contributed by atoms with Crippen molar-refractivity contribution < 1.29 is 4.57 Å². The normalized spacial score (nSPS) is 13.8. The molecule has 1 aromatic carbocycles. The number of rotatable bonds is 6. The van der Waals surface area contributed by atoms with E-state index < -0.39 is 0 Å². The molecule has 0 amide bonds. The van der Waals surface area contributed by atoms with Crippen molar-refractivity contribution >= 4 is 22.8 Å². The van der Waals surface area contributed by atoms with Crippen molar-refractivity contribution in [2.24, 2.45) is 7.05 Å². The predicted octanol–water partition coefficient (Wildman–Crippen LogP) is 2.61. The second kappa shape index (κ2) is 7.89. The van der Waals surface area contributed by atoms with Gasteiger partial charge in [-0.25, -0.2) is 19.2 Å². The van der Waals surface area contributed by atoms with E-state index in [1.165, 1.54) is 10.1 Å². The summed E-state index contributed by atoms with van der Waals surface area (Å²) in [7, 11) is 1.74. The van der Waals surface area contributed by atoms with Gasteiger partial charge >= 0.3 is 11.6 Å². The average Bonchev–Trinajstić information content (AvgIpc) is 3.15. The highest BCUT2D eigenvalue weighted by Crippen LogP contribution is 2.26. The maximum atomic E-state index is 13.2. The number of anilines is 2. The van der Waals surface area contributed by atoms with Crippen molar-refractivity contribution in [3.05, 3.63) is 50.7 Å². The number of imidazole rings is 1. The van der Waals surface area contributed by atoms with Gasteiger partial charge < -0.3 is 0 Å². The predicted molar refractivity (Wildman–Crippen MR) is 115 cm³/mol. The molecule has 2 aromatic heterocycles. The molecule has 0 unspecified atom stereocenters. The number of nitrogens with zero attached hydrogens (tertiary/aromatic N) is 4. The van der Waals surface area contributed by atoms with E-state index >= 15 is 0 Å². The molecule has 0 aliphatic carbocycles. The van der Waals surface area contributed by atoms with Crippen molar-refractivity contribution in [3.63, 3.8) is 0 Å². The Morgan fingerprint density at radius 3 is 2.55 bits per heavy atom. The third-order valence-electron chi connectivity index (χ3n) is 5.94. The summed E-state index contributed by atoms with van der Waals surface area (Å²) in [5.41, 5.74) is 3.14. The molecule has 0 bridgehead atoms. The van der Waals surface area contributed by atoms with Gasteiger partial charge in [0.1, 0.15) is 5.69 Å². The van der Waals surface area contributed by atoms with Gasteiger partial charge in [-0.3, -0.25) is 13.9 Å². The van der Waals surface area contributed by atoms with Crippen LogP contribution in [0.5, 0.6) is 0 Å². The Kier molecular flexibility index (Phi) is 5.30. The minimum Gasteiger partial charge on any atom is -0.267 e. The van der Waals surface area contributed by atoms with E-state index in [1.807, 2.05) is 4.57 Å². The highest BCUT2D eigenvalue weighted by molar-refractivity contribution is 5.70. The molecule has 1 N–H and O–H groups in total. The Bertz CT molecular complexity index is 1140. The third kappa shape index (κ3) is 3.28. The third-order valence-corrected chi connectivity index (χ3v) is 5.94. The zero-order valence-corrected chi connectivity index (χ0v) is 17.6. The fourth-order valence-corrected chi connectivity index (χ4v) is 4.22. The Hall–Kier alpha value is -2.83. The maximum absolute atomic E-state index is 13.2. The molecule has 4 rings (SSSR count). The highest BCUT2D eigenvalue weighted by Gasteiger charge is 2.33. The summed E-state index contributed by atoms with van der Waals surface area (Å²) in [6.07, 6.45) is 4.85. The monoisotopic (exact) mass is 396 g/mol. The lowest BCUT2D eigenvalue weighted by atomic mass is 10.1. The smallest absolute Gasteiger partial charge is 0.267 e. The van der Waals surface area contributed by atoms with Gasteiger partial charge in [0.2, 0.25) is 11.2 Å². The lowest BCUT2D eigenvalue weighted by Crippen LogP contribution is -2.49. The Labute approximate surface area is 170 Å². The first-order valence-corrected chi connectivity index (χ1v) is 10.7. The lowest BCUT2D eigenvalue weighted by Gasteiger charge is -2.22. The number of benzene rings is 1. The van der Waals surface area contributed by atoms with Gasteiger partial charge in [0.15, 0.2) is 0 Å². The summed E-state index contributed by atoms with van der Waals surface area (Å²) >= 11 is 0. The van der Waals surface area contributed by atoms with Crippen LogP contribution in [-0.2, 0) is 26.6 Å². The number of hydrogen-bond acceptors (Lipinski definition) is 3. The van der Waals surface area contributed by atoms with Crippen LogP contribution in [0.2, 0.25) is 0 Å². The first-order valence-electron chi connectivity index (χ1n) is 10.7. The van der Waals surface area contributed by atoms with Crippen LogP contribution in [-0.4, -0.2) is 20.7 Å². The fraction of sp³-hybridized carbons (Fsp3) is 0.500. The van der Waals surface area contributed by atoms with Gasteiger partial charge in [0.05, 0.1) is 13.1 Å². The van der Waals surface area contributed by atoms with E-state index in [1.54, 1.807) is 11.6 Å². The minimum atomic E-state index is -0.253. The molecule has 3 heterocycles. The van der Waals surface area contributed by atoms with Crippen LogP contribution in [0, 0.1) is 0 Å². The maximum Gasteiger partial charge on any atom is 0.364 e. The second-order valence-corrected chi connectivity index (χ2v) is 7.83. The van der Waals surface area contributed by atoms with Gasteiger partial charge in [0.25, 0.3) is 5.56 Å². The van der Waals surface area contributed by atoms with Crippen molar-refractivity contribution in [1.29, 1.82) is 0 Å². The molecule has 7 heteroatoms. The van der Waals surface area contributed by atoms with Gasteiger partial charge in [0, 0.05) is 20.0 Å². The van der Waals surface area contributed by atoms with Gasteiger partial charge in [-0.05, 0) is 30.5 Å². The molecule has 0 saturated carbocycles. The molecule has 1 aliphatic rings. The fourth-order valence-electron chi connectivity index (χ4n) is 4.22.